The van der Waals surface area contributed by atoms with Crippen LogP contribution in [-0.2, 0) is 9.63 Å². The Morgan fingerprint density at radius 2 is 2.29 bits per heavy atom. The van der Waals surface area contributed by atoms with Crippen LogP contribution in [0.15, 0.2) is 24.4 Å². The van der Waals surface area contributed by atoms with Gasteiger partial charge in [0.25, 0.3) is 5.91 Å². The summed E-state index contributed by atoms with van der Waals surface area (Å²) in [5.41, 5.74) is 8.21. The number of nitrogens with zero attached hydrogens (tertiary/aromatic N) is 1. The van der Waals surface area contributed by atoms with E-state index in [1.165, 1.54) is 0 Å². The molecule has 2 aromatic rings. The minimum absolute atomic E-state index is 0.361. The summed E-state index contributed by atoms with van der Waals surface area (Å²) in [6, 6.07) is 5.00. The van der Waals surface area contributed by atoms with Gasteiger partial charge in [-0.1, -0.05) is 0 Å². The number of benzene rings is 1. The molecule has 7 heteroatoms. The Kier molecular flexibility index (Phi) is 3.01. The van der Waals surface area contributed by atoms with Crippen LogP contribution < -0.4 is 11.2 Å². The second-order valence-corrected chi connectivity index (χ2v) is 3.36. The smallest absolute Gasteiger partial charge is 0.274 e. The number of hydroxylamine groups is 1. The molecule has 0 fully saturated rings. The van der Waals surface area contributed by atoms with Gasteiger partial charge in [-0.05, 0) is 18.2 Å². The van der Waals surface area contributed by atoms with Crippen LogP contribution in [0.5, 0.6) is 0 Å². The van der Waals surface area contributed by atoms with Gasteiger partial charge in [-0.15, -0.1) is 0 Å². The summed E-state index contributed by atoms with van der Waals surface area (Å²) in [4.78, 5) is 26.6. The first-order chi connectivity index (χ1) is 8.16. The molecule has 0 atom stereocenters. The van der Waals surface area contributed by atoms with E-state index in [4.69, 9.17) is 5.73 Å². The molecule has 0 aliphatic heterocycles. The van der Waals surface area contributed by atoms with E-state index in [9.17, 15) is 9.59 Å². The van der Waals surface area contributed by atoms with Crippen molar-refractivity contribution in [1.29, 1.82) is 0 Å². The number of rotatable bonds is 4. The molecule has 0 saturated heterocycles. The van der Waals surface area contributed by atoms with Crippen LogP contribution in [0, 0.1) is 0 Å². The summed E-state index contributed by atoms with van der Waals surface area (Å²) in [6.45, 7) is -0.361. The van der Waals surface area contributed by atoms with Gasteiger partial charge in [0.15, 0.2) is 6.61 Å². The Hall–Kier alpha value is -2.41. The number of hydrogen-bond acceptors (Lipinski definition) is 4. The number of carbonyl (C=O) groups is 2. The topological polar surface area (TPSA) is 110 Å². The first-order valence-corrected chi connectivity index (χ1v) is 4.80. The van der Waals surface area contributed by atoms with Crippen LogP contribution in [0.3, 0.4) is 0 Å². The maximum absolute atomic E-state index is 11.6. The van der Waals surface area contributed by atoms with Crippen molar-refractivity contribution in [2.45, 2.75) is 0 Å². The summed E-state index contributed by atoms with van der Waals surface area (Å²) in [7, 11) is 0. The van der Waals surface area contributed by atoms with Crippen LogP contribution >= 0.6 is 0 Å². The number of hydrogen-bond donors (Lipinski definition) is 3. The number of fused-ring (bicyclic) bond motifs is 1. The summed E-state index contributed by atoms with van der Waals surface area (Å²) in [6.07, 6.45) is 1.61. The molecule has 4 N–H and O–H groups in total. The summed E-state index contributed by atoms with van der Waals surface area (Å²) in [5, 5.41) is 7.42. The maximum Gasteiger partial charge on any atom is 0.274 e. The molecular weight excluding hydrogens is 224 g/mol. The molecule has 1 aromatic carbocycles. The monoisotopic (exact) mass is 234 g/mol. The highest BCUT2D eigenvalue weighted by Gasteiger charge is 2.07. The van der Waals surface area contributed by atoms with Crippen molar-refractivity contribution in [2.24, 2.45) is 5.73 Å². The number of nitrogens with two attached hydrogens (primary N) is 1. The lowest BCUT2D eigenvalue weighted by Gasteiger charge is -2.03. The number of carbonyl (C=O) groups excluding carboxylic acids is 2. The maximum atomic E-state index is 11.6. The summed E-state index contributed by atoms with van der Waals surface area (Å²) in [5.74, 6) is -1.11. The number of nitrogens with one attached hydrogen (secondary N) is 2. The first kappa shape index (κ1) is 11.1. The van der Waals surface area contributed by atoms with Gasteiger partial charge in [0.2, 0.25) is 5.91 Å². The highest BCUT2D eigenvalue weighted by atomic mass is 16.7. The summed E-state index contributed by atoms with van der Waals surface area (Å²) < 4.78 is 0. The normalized spacial score (nSPS) is 10.4. The number of aromatic amines is 1. The highest BCUT2D eigenvalue weighted by Crippen LogP contribution is 2.12. The Bertz CT molecular complexity index is 563. The van der Waals surface area contributed by atoms with E-state index >= 15 is 0 Å². The largest absolute Gasteiger partial charge is 0.368 e. The van der Waals surface area contributed by atoms with Gasteiger partial charge in [0.1, 0.15) is 0 Å². The van der Waals surface area contributed by atoms with Crippen molar-refractivity contribution in [3.63, 3.8) is 0 Å². The van der Waals surface area contributed by atoms with Crippen LogP contribution in [0.25, 0.3) is 10.9 Å². The zero-order chi connectivity index (χ0) is 12.3. The fraction of sp³-hybridized carbons (Fsp3) is 0.100. The molecule has 0 saturated carbocycles. The van der Waals surface area contributed by atoms with E-state index in [0.29, 0.717) is 5.56 Å². The van der Waals surface area contributed by atoms with E-state index in [0.717, 1.165) is 10.9 Å². The Morgan fingerprint density at radius 3 is 3.06 bits per heavy atom. The number of aromatic nitrogens is 2. The molecule has 0 spiro atoms. The van der Waals surface area contributed by atoms with E-state index < -0.39 is 11.8 Å². The van der Waals surface area contributed by atoms with Gasteiger partial charge >= 0.3 is 0 Å². The van der Waals surface area contributed by atoms with Gasteiger partial charge in [-0.2, -0.15) is 5.10 Å². The third kappa shape index (κ3) is 2.58. The van der Waals surface area contributed by atoms with Crippen molar-refractivity contribution in [3.8, 4) is 0 Å². The lowest BCUT2D eigenvalue weighted by Crippen LogP contribution is -2.29. The SMILES string of the molecule is NC(=O)CONC(=O)c1ccc2[nH]ncc2c1. The van der Waals surface area contributed by atoms with Crippen molar-refractivity contribution < 1.29 is 14.4 Å². The molecule has 17 heavy (non-hydrogen) atoms. The van der Waals surface area contributed by atoms with Gasteiger partial charge in [-0.25, -0.2) is 5.48 Å². The Morgan fingerprint density at radius 1 is 1.47 bits per heavy atom. The molecule has 0 radical (unpaired) electrons. The van der Waals surface area contributed by atoms with Crippen molar-refractivity contribution in [2.75, 3.05) is 6.61 Å². The van der Waals surface area contributed by atoms with Crippen molar-refractivity contribution >= 4 is 22.7 Å². The number of H-pyrrole nitrogens is 1. The van der Waals surface area contributed by atoms with E-state index in [-0.39, 0.29) is 6.61 Å². The predicted molar refractivity (Wildman–Crippen MR) is 58.7 cm³/mol. The predicted octanol–water partition coefficient (Wildman–Crippen LogP) is -0.290. The molecule has 0 aliphatic rings. The van der Waals surface area contributed by atoms with Gasteiger partial charge < -0.3 is 5.73 Å². The molecule has 7 nitrogen and oxygen atoms in total. The van der Waals surface area contributed by atoms with Crippen LogP contribution in [-0.4, -0.2) is 28.6 Å². The fourth-order valence-electron chi connectivity index (χ4n) is 1.32. The molecular formula is C10H10N4O3. The van der Waals surface area contributed by atoms with Gasteiger partial charge in [-0.3, -0.25) is 19.5 Å². The molecule has 0 bridgehead atoms. The molecule has 0 unspecified atom stereocenters. The fourth-order valence-corrected chi connectivity index (χ4v) is 1.32. The number of amides is 2. The van der Waals surface area contributed by atoms with E-state index in [1.807, 2.05) is 0 Å². The highest BCUT2D eigenvalue weighted by molar-refractivity contribution is 5.97. The average Bonchev–Trinajstić information content (AvgIpc) is 2.75. The lowest BCUT2D eigenvalue weighted by molar-refractivity contribution is -0.124. The zero-order valence-electron chi connectivity index (χ0n) is 8.77. The van der Waals surface area contributed by atoms with Gasteiger partial charge in [0.05, 0.1) is 11.7 Å². The van der Waals surface area contributed by atoms with Crippen LogP contribution in [0.1, 0.15) is 10.4 Å². The third-order valence-corrected chi connectivity index (χ3v) is 2.08. The third-order valence-electron chi connectivity index (χ3n) is 2.08. The van der Waals surface area contributed by atoms with Crippen molar-refractivity contribution in [1.82, 2.24) is 15.7 Å². The molecule has 1 aromatic heterocycles. The molecule has 88 valence electrons. The standard InChI is InChI=1S/C10H10N4O3/c11-9(15)5-17-14-10(16)6-1-2-8-7(3-6)4-12-13-8/h1-4H,5H2,(H2,11,15)(H,12,13)(H,14,16). The molecule has 0 aliphatic carbocycles. The average molecular weight is 234 g/mol. The summed E-state index contributed by atoms with van der Waals surface area (Å²) >= 11 is 0. The molecule has 2 amide bonds. The minimum Gasteiger partial charge on any atom is -0.368 e. The Balaban J connectivity index is 2.05. The second-order valence-electron chi connectivity index (χ2n) is 3.36. The molecule has 2 rings (SSSR count). The first-order valence-electron chi connectivity index (χ1n) is 4.80. The molecule has 1 heterocycles. The number of primary amides is 1. The Labute approximate surface area is 95.9 Å². The van der Waals surface area contributed by atoms with E-state index in [2.05, 4.69) is 20.5 Å². The van der Waals surface area contributed by atoms with Crippen LogP contribution in [0.2, 0.25) is 0 Å². The van der Waals surface area contributed by atoms with Gasteiger partial charge in [0, 0.05) is 10.9 Å². The van der Waals surface area contributed by atoms with Crippen LogP contribution in [0.4, 0.5) is 0 Å². The van der Waals surface area contributed by atoms with Crippen molar-refractivity contribution in [3.05, 3.63) is 30.0 Å². The second kappa shape index (κ2) is 4.62. The minimum atomic E-state index is -0.657. The zero-order valence-corrected chi connectivity index (χ0v) is 8.77. The quantitative estimate of drug-likeness (QED) is 0.631. The van der Waals surface area contributed by atoms with E-state index in [1.54, 1.807) is 24.4 Å². The lowest BCUT2D eigenvalue weighted by atomic mass is 10.1.